The third-order valence-corrected chi connectivity index (χ3v) is 5.38. The third-order valence-electron chi connectivity index (χ3n) is 5.38. The number of amides is 1. The Kier molecular flexibility index (Phi) is 6.45. The Labute approximate surface area is 151 Å². The number of hydrogen-bond acceptors (Lipinski definition) is 2. The molecule has 2 atom stereocenters. The van der Waals surface area contributed by atoms with Crippen molar-refractivity contribution in [1.82, 2.24) is 5.32 Å². The van der Waals surface area contributed by atoms with Gasteiger partial charge in [-0.05, 0) is 13.8 Å². The fraction of sp³-hybridized carbons (Fsp3) is 0.650. The molecule has 0 aromatic heterocycles. The van der Waals surface area contributed by atoms with Crippen molar-refractivity contribution in [3.05, 3.63) is 35.9 Å². The summed E-state index contributed by atoms with van der Waals surface area (Å²) in [5.41, 5.74) is 1.40. The Morgan fingerprint density at radius 2 is 1.72 bits per heavy atom. The van der Waals surface area contributed by atoms with Gasteiger partial charge < -0.3 is 19.9 Å². The van der Waals surface area contributed by atoms with Gasteiger partial charge in [0.25, 0.3) is 5.91 Å². The van der Waals surface area contributed by atoms with E-state index in [1.807, 2.05) is 0 Å². The van der Waals surface area contributed by atoms with Crippen LogP contribution in [0.25, 0.3) is 0 Å². The molecule has 2 aliphatic rings. The van der Waals surface area contributed by atoms with Crippen molar-refractivity contribution in [2.75, 3.05) is 32.7 Å². The first-order valence-corrected chi connectivity index (χ1v) is 9.74. The van der Waals surface area contributed by atoms with E-state index in [-0.39, 0.29) is 18.1 Å². The van der Waals surface area contributed by atoms with Crippen LogP contribution in [0.2, 0.25) is 0 Å². The number of hydrogen-bond donors (Lipinski definition) is 3. The normalized spacial score (nSPS) is 33.0. The minimum absolute atomic E-state index is 0.202. The molecule has 2 heterocycles. The van der Waals surface area contributed by atoms with Gasteiger partial charge in [0.1, 0.15) is 31.8 Å². The zero-order valence-corrected chi connectivity index (χ0v) is 15.6. The Morgan fingerprint density at radius 1 is 1.08 bits per heavy atom. The molecule has 138 valence electrons. The first kappa shape index (κ1) is 18.4. The maximum Gasteiger partial charge on any atom is 0.275 e. The molecule has 0 aliphatic carbocycles. The van der Waals surface area contributed by atoms with Gasteiger partial charge in [0.2, 0.25) is 0 Å². The fourth-order valence-corrected chi connectivity index (χ4v) is 4.27. The Hall–Kier alpha value is -1.43. The molecule has 2 aliphatic heterocycles. The molecule has 0 radical (unpaired) electrons. The minimum Gasteiger partial charge on any atom is -0.364 e. The van der Waals surface area contributed by atoms with E-state index < -0.39 is 0 Å². The second kappa shape index (κ2) is 8.79. The predicted molar refractivity (Wildman–Crippen MR) is 97.6 cm³/mol. The summed E-state index contributed by atoms with van der Waals surface area (Å²) in [6.07, 6.45) is 2.66. The van der Waals surface area contributed by atoms with Gasteiger partial charge in [0, 0.05) is 24.4 Å². The van der Waals surface area contributed by atoms with Gasteiger partial charge in [0.15, 0.2) is 6.54 Å². The second-order valence-corrected chi connectivity index (χ2v) is 7.85. The number of morpholine rings is 1. The number of ether oxygens (including phenoxy) is 1. The molecule has 0 unspecified atom stereocenters. The van der Waals surface area contributed by atoms with Crippen molar-refractivity contribution in [2.24, 2.45) is 0 Å². The number of likely N-dealkylation sites (tertiary alicyclic amines) is 1. The first-order chi connectivity index (χ1) is 12.1. The summed E-state index contributed by atoms with van der Waals surface area (Å²) in [6.45, 7) is 9.99. The highest BCUT2D eigenvalue weighted by atomic mass is 16.5. The number of quaternary nitrogens is 2. The summed E-state index contributed by atoms with van der Waals surface area (Å²) in [6, 6.07) is 11.0. The molecule has 5 nitrogen and oxygen atoms in total. The number of carbonyl (C=O) groups excluding carboxylic acids is 1. The molecule has 1 amide bonds. The fourth-order valence-electron chi connectivity index (χ4n) is 4.27. The van der Waals surface area contributed by atoms with Crippen LogP contribution >= 0.6 is 0 Å². The van der Waals surface area contributed by atoms with Crippen LogP contribution in [0.3, 0.4) is 0 Å². The van der Waals surface area contributed by atoms with Crippen molar-refractivity contribution in [3.8, 4) is 0 Å². The SMILES string of the molecule is C[C@@H]1C[NH+](CC(=O)NC2CC[NH+](Cc3ccccc3)CC2)C[C@@H](C)O1. The monoisotopic (exact) mass is 347 g/mol. The Bertz CT molecular complexity index is 533. The van der Waals surface area contributed by atoms with Crippen LogP contribution in [0.1, 0.15) is 32.3 Å². The third kappa shape index (κ3) is 5.80. The average Bonchev–Trinajstić information content (AvgIpc) is 2.56. The van der Waals surface area contributed by atoms with Gasteiger partial charge in [-0.1, -0.05) is 30.3 Å². The van der Waals surface area contributed by atoms with E-state index in [0.717, 1.165) is 45.6 Å². The number of piperidine rings is 1. The van der Waals surface area contributed by atoms with Crippen LogP contribution in [0.4, 0.5) is 0 Å². The molecule has 3 rings (SSSR count). The molecule has 3 N–H and O–H groups in total. The highest BCUT2D eigenvalue weighted by molar-refractivity contribution is 5.77. The van der Waals surface area contributed by atoms with Gasteiger partial charge in [-0.15, -0.1) is 0 Å². The van der Waals surface area contributed by atoms with Crippen molar-refractivity contribution in [3.63, 3.8) is 0 Å². The molecule has 2 fully saturated rings. The van der Waals surface area contributed by atoms with E-state index in [1.54, 1.807) is 4.90 Å². The lowest BCUT2D eigenvalue weighted by molar-refractivity contribution is -0.919. The van der Waals surface area contributed by atoms with Crippen LogP contribution in [-0.2, 0) is 16.1 Å². The summed E-state index contributed by atoms with van der Waals surface area (Å²) >= 11 is 0. The van der Waals surface area contributed by atoms with Crippen LogP contribution in [-0.4, -0.2) is 56.9 Å². The molecule has 0 saturated carbocycles. The largest absolute Gasteiger partial charge is 0.364 e. The van der Waals surface area contributed by atoms with E-state index >= 15 is 0 Å². The summed E-state index contributed by atoms with van der Waals surface area (Å²) in [7, 11) is 0. The molecule has 1 aromatic rings. The van der Waals surface area contributed by atoms with Crippen molar-refractivity contribution in [1.29, 1.82) is 0 Å². The molecular formula is C20H33N3O2+2. The Balaban J connectivity index is 1.37. The quantitative estimate of drug-likeness (QED) is 0.643. The van der Waals surface area contributed by atoms with E-state index in [4.69, 9.17) is 4.74 Å². The molecule has 0 bridgehead atoms. The number of rotatable bonds is 5. The Morgan fingerprint density at radius 3 is 2.36 bits per heavy atom. The maximum atomic E-state index is 12.4. The lowest BCUT2D eigenvalue weighted by Crippen LogP contribution is -3.16. The van der Waals surface area contributed by atoms with Crippen molar-refractivity contribution < 1.29 is 19.3 Å². The topological polar surface area (TPSA) is 47.2 Å². The van der Waals surface area contributed by atoms with Crippen LogP contribution in [0, 0.1) is 0 Å². The van der Waals surface area contributed by atoms with E-state index in [9.17, 15) is 4.79 Å². The second-order valence-electron chi connectivity index (χ2n) is 7.85. The summed E-state index contributed by atoms with van der Waals surface area (Å²) in [5.74, 6) is 0.202. The van der Waals surface area contributed by atoms with Crippen LogP contribution < -0.4 is 15.1 Å². The minimum atomic E-state index is 0.202. The van der Waals surface area contributed by atoms with Gasteiger partial charge in [0.05, 0.1) is 13.1 Å². The first-order valence-electron chi connectivity index (χ1n) is 9.74. The van der Waals surface area contributed by atoms with Crippen molar-refractivity contribution in [2.45, 2.75) is 51.5 Å². The summed E-state index contributed by atoms with van der Waals surface area (Å²) in [5, 5.41) is 3.27. The van der Waals surface area contributed by atoms with Gasteiger partial charge in [-0.3, -0.25) is 4.79 Å². The lowest BCUT2D eigenvalue weighted by Gasteiger charge is -2.33. The smallest absolute Gasteiger partial charge is 0.275 e. The number of carbonyl (C=O) groups is 1. The standard InChI is InChI=1S/C20H31N3O2/c1-16-12-23(13-17(2)25-16)15-20(24)21-19-8-10-22(11-9-19)14-18-6-4-3-5-7-18/h3-7,16-17,19H,8-15H2,1-2H3,(H,21,24)/p+2/t16-,17-/m1/s1. The van der Waals surface area contributed by atoms with Crippen LogP contribution in [0.5, 0.6) is 0 Å². The van der Waals surface area contributed by atoms with E-state index in [0.29, 0.717) is 12.6 Å². The highest BCUT2D eigenvalue weighted by Crippen LogP contribution is 2.02. The van der Waals surface area contributed by atoms with E-state index in [2.05, 4.69) is 49.5 Å². The number of nitrogens with one attached hydrogen (secondary N) is 3. The summed E-state index contributed by atoms with van der Waals surface area (Å²) < 4.78 is 5.75. The van der Waals surface area contributed by atoms with Gasteiger partial charge >= 0.3 is 0 Å². The molecule has 1 aromatic carbocycles. The van der Waals surface area contributed by atoms with Gasteiger partial charge in [-0.25, -0.2) is 0 Å². The zero-order valence-electron chi connectivity index (χ0n) is 15.6. The summed E-state index contributed by atoms with van der Waals surface area (Å²) in [4.78, 5) is 15.4. The highest BCUT2D eigenvalue weighted by Gasteiger charge is 2.29. The molecule has 0 spiro atoms. The van der Waals surface area contributed by atoms with E-state index in [1.165, 1.54) is 10.5 Å². The molecule has 2 saturated heterocycles. The molecule has 5 heteroatoms. The zero-order chi connectivity index (χ0) is 17.6. The van der Waals surface area contributed by atoms with Gasteiger partial charge in [-0.2, -0.15) is 0 Å². The maximum absolute atomic E-state index is 12.4. The molecule has 25 heavy (non-hydrogen) atoms. The predicted octanol–water partition coefficient (Wildman–Crippen LogP) is -0.958. The number of benzene rings is 1. The average molecular weight is 348 g/mol. The van der Waals surface area contributed by atoms with Crippen molar-refractivity contribution >= 4 is 5.91 Å². The molecular weight excluding hydrogens is 314 g/mol. The lowest BCUT2D eigenvalue weighted by atomic mass is 10.0. The van der Waals surface area contributed by atoms with Crippen LogP contribution in [0.15, 0.2) is 30.3 Å².